The Labute approximate surface area is 168 Å². The van der Waals surface area contributed by atoms with Crippen LogP contribution in [0.3, 0.4) is 0 Å². The third-order valence-corrected chi connectivity index (χ3v) is 4.96. The van der Waals surface area contributed by atoms with E-state index in [4.69, 9.17) is 4.74 Å². The zero-order chi connectivity index (χ0) is 19.8. The van der Waals surface area contributed by atoms with Gasteiger partial charge in [0, 0.05) is 34.3 Å². The van der Waals surface area contributed by atoms with Gasteiger partial charge < -0.3 is 10.1 Å². The van der Waals surface area contributed by atoms with E-state index in [1.54, 1.807) is 42.2 Å². The molecule has 0 saturated carbocycles. The van der Waals surface area contributed by atoms with Gasteiger partial charge in [0.2, 0.25) is 0 Å². The van der Waals surface area contributed by atoms with Crippen molar-refractivity contribution in [3.8, 4) is 5.75 Å². The van der Waals surface area contributed by atoms with Crippen LogP contribution in [-0.2, 0) is 10.5 Å². The van der Waals surface area contributed by atoms with Gasteiger partial charge in [-0.15, -0.1) is 11.8 Å². The fourth-order valence-corrected chi connectivity index (χ4v) is 3.27. The highest BCUT2D eigenvalue weighted by Gasteiger charge is 2.06. The molecular formula is C22H20N2O3S. The Bertz CT molecular complexity index is 944. The number of carbonyl (C=O) groups is 2. The average Bonchev–Trinajstić information content (AvgIpc) is 2.73. The van der Waals surface area contributed by atoms with E-state index in [2.05, 4.69) is 10.3 Å². The summed E-state index contributed by atoms with van der Waals surface area (Å²) in [4.78, 5) is 28.7. The van der Waals surface area contributed by atoms with E-state index in [-0.39, 0.29) is 18.3 Å². The van der Waals surface area contributed by atoms with Crippen molar-refractivity contribution in [2.24, 2.45) is 0 Å². The zero-order valence-corrected chi connectivity index (χ0v) is 16.2. The third-order valence-electron chi connectivity index (χ3n) is 3.88. The maximum atomic E-state index is 12.1. The molecule has 0 spiro atoms. The van der Waals surface area contributed by atoms with Crippen molar-refractivity contribution in [2.45, 2.75) is 17.6 Å². The second kappa shape index (κ2) is 9.71. The minimum atomic E-state index is -0.260. The van der Waals surface area contributed by atoms with E-state index in [0.29, 0.717) is 17.0 Å². The number of Topliss-reactive ketones (excluding diaryl/α,β-unsaturated/α-hetero) is 1. The first-order valence-electron chi connectivity index (χ1n) is 8.75. The van der Waals surface area contributed by atoms with Gasteiger partial charge in [0.15, 0.2) is 12.4 Å². The topological polar surface area (TPSA) is 68.3 Å². The smallest absolute Gasteiger partial charge is 0.262 e. The molecule has 28 heavy (non-hydrogen) atoms. The lowest BCUT2D eigenvalue weighted by atomic mass is 10.1. The van der Waals surface area contributed by atoms with E-state index >= 15 is 0 Å². The van der Waals surface area contributed by atoms with Gasteiger partial charge in [-0.05, 0) is 55.0 Å². The van der Waals surface area contributed by atoms with Gasteiger partial charge in [0.1, 0.15) is 5.75 Å². The number of ketones is 1. The summed E-state index contributed by atoms with van der Waals surface area (Å²) in [5.41, 5.74) is 2.42. The Morgan fingerprint density at radius 3 is 2.61 bits per heavy atom. The van der Waals surface area contributed by atoms with E-state index in [1.165, 1.54) is 6.92 Å². The molecule has 6 heteroatoms. The number of nitrogens with one attached hydrogen (secondary N) is 1. The molecule has 3 rings (SSSR count). The first kappa shape index (κ1) is 19.6. The van der Waals surface area contributed by atoms with E-state index in [0.717, 1.165) is 16.2 Å². The molecule has 0 aliphatic carbocycles. The summed E-state index contributed by atoms with van der Waals surface area (Å²) < 4.78 is 5.47. The van der Waals surface area contributed by atoms with E-state index in [1.807, 2.05) is 42.6 Å². The second-order valence-electron chi connectivity index (χ2n) is 6.10. The average molecular weight is 392 g/mol. The van der Waals surface area contributed by atoms with Crippen LogP contribution in [0.4, 0.5) is 5.69 Å². The molecule has 0 atom stereocenters. The summed E-state index contributed by atoms with van der Waals surface area (Å²) in [5.74, 6) is 1.03. The minimum Gasteiger partial charge on any atom is -0.484 e. The Morgan fingerprint density at radius 2 is 1.89 bits per heavy atom. The van der Waals surface area contributed by atoms with Crippen LogP contribution in [0.5, 0.6) is 5.75 Å². The number of carbonyl (C=O) groups excluding carboxylic acids is 2. The van der Waals surface area contributed by atoms with Crippen LogP contribution >= 0.6 is 11.8 Å². The molecule has 3 aromatic rings. The number of anilines is 1. The maximum Gasteiger partial charge on any atom is 0.262 e. The molecule has 142 valence electrons. The number of thioether (sulfide) groups is 1. The van der Waals surface area contributed by atoms with Gasteiger partial charge in [-0.25, -0.2) is 0 Å². The first-order valence-corrected chi connectivity index (χ1v) is 9.74. The molecule has 0 radical (unpaired) electrons. The fraction of sp³-hybridized carbons (Fsp3) is 0.136. The van der Waals surface area contributed by atoms with E-state index < -0.39 is 0 Å². The van der Waals surface area contributed by atoms with Gasteiger partial charge in [-0.2, -0.15) is 0 Å². The van der Waals surface area contributed by atoms with Gasteiger partial charge in [0.05, 0.1) is 0 Å². The molecule has 0 unspecified atom stereocenters. The van der Waals surface area contributed by atoms with Crippen molar-refractivity contribution in [3.63, 3.8) is 0 Å². The molecule has 1 amide bonds. The lowest BCUT2D eigenvalue weighted by Gasteiger charge is -2.09. The Kier molecular flexibility index (Phi) is 6.81. The molecule has 1 N–H and O–H groups in total. The van der Waals surface area contributed by atoms with Crippen molar-refractivity contribution in [1.29, 1.82) is 0 Å². The lowest BCUT2D eigenvalue weighted by molar-refractivity contribution is -0.118. The number of hydrogen-bond donors (Lipinski definition) is 1. The van der Waals surface area contributed by atoms with Gasteiger partial charge in [0.25, 0.3) is 5.91 Å². The number of benzene rings is 2. The van der Waals surface area contributed by atoms with Crippen LogP contribution in [0, 0.1) is 0 Å². The number of rotatable bonds is 8. The standard InChI is InChI=1S/C22H20N2O3S/c1-16(25)18-5-2-6-20(12-18)27-14-22(26)24-19-7-9-21(10-8-19)28-15-17-4-3-11-23-13-17/h2-13H,14-15H2,1H3,(H,24,26). The number of ether oxygens (including phenoxy) is 1. The van der Waals surface area contributed by atoms with Gasteiger partial charge >= 0.3 is 0 Å². The van der Waals surface area contributed by atoms with Crippen molar-refractivity contribution in [3.05, 3.63) is 84.2 Å². The molecule has 0 bridgehead atoms. The fourth-order valence-electron chi connectivity index (χ4n) is 2.44. The van der Waals surface area contributed by atoms with Crippen LogP contribution in [0.1, 0.15) is 22.8 Å². The summed E-state index contributed by atoms with van der Waals surface area (Å²) in [6.07, 6.45) is 3.61. The molecule has 5 nitrogen and oxygen atoms in total. The number of hydrogen-bond acceptors (Lipinski definition) is 5. The van der Waals surface area contributed by atoms with Crippen molar-refractivity contribution >= 4 is 29.1 Å². The summed E-state index contributed by atoms with van der Waals surface area (Å²) >= 11 is 1.71. The van der Waals surface area contributed by atoms with Crippen molar-refractivity contribution in [2.75, 3.05) is 11.9 Å². The Morgan fingerprint density at radius 1 is 1.07 bits per heavy atom. The van der Waals surface area contributed by atoms with Crippen LogP contribution in [0.15, 0.2) is 78.0 Å². The van der Waals surface area contributed by atoms with Gasteiger partial charge in [-0.1, -0.05) is 18.2 Å². The number of amides is 1. The SMILES string of the molecule is CC(=O)c1cccc(OCC(=O)Nc2ccc(SCc3cccnc3)cc2)c1. The highest BCUT2D eigenvalue weighted by atomic mass is 32.2. The molecule has 1 heterocycles. The summed E-state index contributed by atoms with van der Waals surface area (Å²) in [6, 6.07) is 18.4. The predicted molar refractivity (Wildman–Crippen MR) is 111 cm³/mol. The quantitative estimate of drug-likeness (QED) is 0.448. The maximum absolute atomic E-state index is 12.1. The molecular weight excluding hydrogens is 372 g/mol. The third kappa shape index (κ3) is 5.96. The van der Waals surface area contributed by atoms with Crippen LogP contribution in [0.2, 0.25) is 0 Å². The first-order chi connectivity index (χ1) is 13.6. The highest BCUT2D eigenvalue weighted by Crippen LogP contribution is 2.24. The van der Waals surface area contributed by atoms with Crippen LogP contribution in [-0.4, -0.2) is 23.3 Å². The Hall–Kier alpha value is -3.12. The number of pyridine rings is 1. The predicted octanol–water partition coefficient (Wildman–Crippen LogP) is 4.59. The summed E-state index contributed by atoms with van der Waals surface area (Å²) in [6.45, 7) is 1.36. The monoisotopic (exact) mass is 392 g/mol. The molecule has 2 aromatic carbocycles. The molecule has 0 saturated heterocycles. The molecule has 0 fully saturated rings. The van der Waals surface area contributed by atoms with E-state index in [9.17, 15) is 9.59 Å². The molecule has 0 aliphatic heterocycles. The largest absolute Gasteiger partial charge is 0.484 e. The van der Waals surface area contributed by atoms with Gasteiger partial charge in [-0.3, -0.25) is 14.6 Å². The number of aromatic nitrogens is 1. The van der Waals surface area contributed by atoms with Crippen LogP contribution < -0.4 is 10.1 Å². The highest BCUT2D eigenvalue weighted by molar-refractivity contribution is 7.98. The minimum absolute atomic E-state index is 0.0450. The zero-order valence-electron chi connectivity index (χ0n) is 15.4. The second-order valence-corrected chi connectivity index (χ2v) is 7.14. The molecule has 0 aliphatic rings. The normalized spacial score (nSPS) is 10.3. The van der Waals surface area contributed by atoms with Crippen molar-refractivity contribution in [1.82, 2.24) is 4.98 Å². The summed E-state index contributed by atoms with van der Waals surface area (Å²) in [7, 11) is 0. The number of nitrogens with zero attached hydrogens (tertiary/aromatic N) is 1. The van der Waals surface area contributed by atoms with Crippen LogP contribution in [0.25, 0.3) is 0 Å². The summed E-state index contributed by atoms with van der Waals surface area (Å²) in [5, 5.41) is 2.80. The Balaban J connectivity index is 1.47. The van der Waals surface area contributed by atoms with Crippen molar-refractivity contribution < 1.29 is 14.3 Å². The lowest BCUT2D eigenvalue weighted by Crippen LogP contribution is -2.20. The molecule has 1 aromatic heterocycles.